The van der Waals surface area contributed by atoms with Gasteiger partial charge in [-0.3, -0.25) is 9.59 Å². The van der Waals surface area contributed by atoms with Gasteiger partial charge in [-0.25, -0.2) is 0 Å². The van der Waals surface area contributed by atoms with Gasteiger partial charge in [0.1, 0.15) is 5.75 Å². The van der Waals surface area contributed by atoms with E-state index in [-0.39, 0.29) is 12.5 Å². The Hall–Kier alpha value is -2.03. The second kappa shape index (κ2) is 12.3. The molecule has 25 heavy (non-hydrogen) atoms. The van der Waals surface area contributed by atoms with Gasteiger partial charge in [0.15, 0.2) is 0 Å². The van der Waals surface area contributed by atoms with Gasteiger partial charge in [-0.05, 0) is 19.2 Å². The fraction of sp³-hybridized carbons (Fsp3) is 0.500. The van der Waals surface area contributed by atoms with Crippen LogP contribution in [0.25, 0.3) is 0 Å². The normalized spacial score (nSPS) is 10.0. The summed E-state index contributed by atoms with van der Waals surface area (Å²) < 4.78 is 5.16. The smallest absolute Gasteiger partial charge is 0.317 e. The van der Waals surface area contributed by atoms with Crippen LogP contribution in [0.2, 0.25) is 5.02 Å². The maximum absolute atomic E-state index is 12.1. The number of hydrogen-bond acceptors (Lipinski definition) is 6. The number of nitrogens with two attached hydrogens (primary N) is 2. The van der Waals surface area contributed by atoms with E-state index in [4.69, 9.17) is 27.2 Å². The number of nitrogens with zero attached hydrogens (tertiary/aromatic N) is 1. The molecule has 1 rings (SSSR count). The van der Waals surface area contributed by atoms with Crippen LogP contribution >= 0.6 is 11.6 Å². The summed E-state index contributed by atoms with van der Waals surface area (Å²) in [6.45, 7) is 7.21. The molecule has 1 amide bonds. The summed E-state index contributed by atoms with van der Waals surface area (Å²) in [6, 6.07) is 3.09. The molecule has 0 aliphatic heterocycles. The van der Waals surface area contributed by atoms with Gasteiger partial charge in [0.25, 0.3) is 5.91 Å². The number of likely N-dealkylation sites (N-methyl/N-ethyl adjacent to an activating group) is 1. The summed E-state index contributed by atoms with van der Waals surface area (Å²) >= 11 is 5.95. The van der Waals surface area contributed by atoms with E-state index in [1.54, 1.807) is 6.07 Å². The molecule has 0 radical (unpaired) electrons. The van der Waals surface area contributed by atoms with Crippen LogP contribution in [0.5, 0.6) is 5.75 Å². The van der Waals surface area contributed by atoms with Gasteiger partial charge in [0.2, 0.25) is 0 Å². The second-order valence-corrected chi connectivity index (χ2v) is 5.36. The Labute approximate surface area is 153 Å². The monoisotopic (exact) mass is 374 g/mol. The first-order chi connectivity index (χ1) is 11.8. The minimum absolute atomic E-state index is 0.212. The van der Waals surface area contributed by atoms with E-state index in [2.05, 4.69) is 29.8 Å². The number of methoxy groups -OCH3 is 1. The first-order valence-corrected chi connectivity index (χ1v) is 8.23. The van der Waals surface area contributed by atoms with Crippen LogP contribution in [0.15, 0.2) is 12.1 Å². The highest BCUT2D eigenvalue weighted by molar-refractivity contribution is 6.33. The molecule has 0 fully saturated rings. The van der Waals surface area contributed by atoms with Crippen molar-refractivity contribution < 1.29 is 19.4 Å². The lowest BCUT2D eigenvalue weighted by Crippen LogP contribution is -2.34. The summed E-state index contributed by atoms with van der Waals surface area (Å²) in [4.78, 5) is 23.6. The zero-order valence-electron chi connectivity index (χ0n) is 14.8. The van der Waals surface area contributed by atoms with E-state index < -0.39 is 5.97 Å². The van der Waals surface area contributed by atoms with Gasteiger partial charge in [-0.2, -0.15) is 0 Å². The van der Waals surface area contributed by atoms with Gasteiger partial charge in [-0.1, -0.05) is 25.4 Å². The molecule has 0 unspecified atom stereocenters. The third-order valence-electron chi connectivity index (χ3n) is 3.35. The summed E-state index contributed by atoms with van der Waals surface area (Å²) in [6.07, 6.45) is 0. The number of benzene rings is 1. The number of hydrogen-bond donors (Lipinski definition) is 4. The van der Waals surface area contributed by atoms with Crippen molar-refractivity contribution in [3.05, 3.63) is 22.7 Å². The number of ether oxygens (including phenoxy) is 1. The van der Waals surface area contributed by atoms with E-state index in [0.29, 0.717) is 28.6 Å². The molecule has 0 spiro atoms. The molecule has 8 nitrogen and oxygen atoms in total. The van der Waals surface area contributed by atoms with Gasteiger partial charge in [0, 0.05) is 19.2 Å². The molecule has 9 heteroatoms. The summed E-state index contributed by atoms with van der Waals surface area (Å²) in [7, 11) is 1.50. The minimum atomic E-state index is -0.968. The number of anilines is 1. The molecule has 0 aromatic heterocycles. The van der Waals surface area contributed by atoms with E-state index in [0.717, 1.165) is 19.6 Å². The highest BCUT2D eigenvalue weighted by Gasteiger charge is 2.14. The number of aliphatic carboxylic acids is 1. The molecule has 0 bridgehead atoms. The molecule has 0 atom stereocenters. The second-order valence-electron chi connectivity index (χ2n) is 4.95. The predicted molar refractivity (Wildman–Crippen MR) is 99.2 cm³/mol. The molecule has 1 aromatic rings. The van der Waals surface area contributed by atoms with Crippen molar-refractivity contribution >= 4 is 29.2 Å². The van der Waals surface area contributed by atoms with Crippen LogP contribution in [-0.4, -0.2) is 61.7 Å². The van der Waals surface area contributed by atoms with Crippen molar-refractivity contribution in [3.63, 3.8) is 0 Å². The fourth-order valence-corrected chi connectivity index (χ4v) is 2.04. The van der Waals surface area contributed by atoms with Crippen LogP contribution in [0.3, 0.4) is 0 Å². The van der Waals surface area contributed by atoms with Crippen molar-refractivity contribution in [2.24, 2.45) is 5.73 Å². The number of amides is 1. The predicted octanol–water partition coefficient (Wildman–Crippen LogP) is 1.03. The van der Waals surface area contributed by atoms with Crippen LogP contribution in [0.1, 0.15) is 24.2 Å². The third-order valence-corrected chi connectivity index (χ3v) is 3.67. The minimum Gasteiger partial charge on any atom is -0.496 e. The highest BCUT2D eigenvalue weighted by Crippen LogP contribution is 2.28. The van der Waals surface area contributed by atoms with Gasteiger partial charge >= 0.3 is 5.97 Å². The van der Waals surface area contributed by atoms with E-state index in [9.17, 15) is 9.59 Å². The first kappa shape index (κ1) is 23.0. The Balaban J connectivity index is 0.00000101. The number of carboxylic acid groups (broad SMARTS) is 1. The molecule has 0 heterocycles. The zero-order chi connectivity index (χ0) is 19.4. The molecule has 6 N–H and O–H groups in total. The van der Waals surface area contributed by atoms with E-state index in [1.165, 1.54) is 13.2 Å². The largest absolute Gasteiger partial charge is 0.496 e. The van der Waals surface area contributed by atoms with E-state index in [1.807, 2.05) is 0 Å². The third kappa shape index (κ3) is 8.57. The molecule has 0 aliphatic rings. The standard InChI is InChI=1S/C14H22ClN3O2.C2H5NO2/c1-4-18(5-2)7-6-17-14(19)10-8-11(15)12(16)9-13(10)20-3;3-1-2(4)5/h8-9H,4-7,16H2,1-3H3,(H,17,19);1,3H2,(H,4,5). The fourth-order valence-electron chi connectivity index (χ4n) is 1.88. The van der Waals surface area contributed by atoms with Crippen LogP contribution in [0.4, 0.5) is 5.69 Å². The van der Waals surface area contributed by atoms with Crippen LogP contribution in [-0.2, 0) is 4.79 Å². The van der Waals surface area contributed by atoms with Gasteiger partial charge < -0.3 is 31.5 Å². The maximum Gasteiger partial charge on any atom is 0.317 e. The van der Waals surface area contributed by atoms with Gasteiger partial charge in [-0.15, -0.1) is 0 Å². The molecule has 0 saturated heterocycles. The quantitative estimate of drug-likeness (QED) is 0.500. The Bertz CT molecular complexity index is 565. The first-order valence-electron chi connectivity index (χ1n) is 7.85. The number of carbonyl (C=O) groups is 2. The van der Waals surface area contributed by atoms with Crippen molar-refractivity contribution in [1.29, 1.82) is 0 Å². The molecule has 0 saturated carbocycles. The Kier molecular flexibility index (Phi) is 11.3. The topological polar surface area (TPSA) is 131 Å². The number of halogens is 1. The lowest BCUT2D eigenvalue weighted by Gasteiger charge is -2.18. The van der Waals surface area contributed by atoms with Crippen molar-refractivity contribution in [2.45, 2.75) is 13.8 Å². The number of nitrogens with one attached hydrogen (secondary N) is 1. The average Bonchev–Trinajstić information content (AvgIpc) is 2.60. The lowest BCUT2D eigenvalue weighted by atomic mass is 10.1. The lowest BCUT2D eigenvalue weighted by molar-refractivity contribution is -0.135. The number of nitrogen functional groups attached to an aromatic ring is 1. The molecule has 0 aliphatic carbocycles. The number of carbonyl (C=O) groups excluding carboxylic acids is 1. The summed E-state index contributed by atoms with van der Waals surface area (Å²) in [5.41, 5.74) is 11.0. The molecular weight excluding hydrogens is 348 g/mol. The summed E-state index contributed by atoms with van der Waals surface area (Å²) in [5.74, 6) is -0.756. The van der Waals surface area contributed by atoms with E-state index >= 15 is 0 Å². The van der Waals surface area contributed by atoms with Crippen molar-refractivity contribution in [3.8, 4) is 5.75 Å². The number of carboxylic acids is 1. The van der Waals surface area contributed by atoms with Crippen molar-refractivity contribution in [1.82, 2.24) is 10.2 Å². The Morgan fingerprint density at radius 1 is 1.32 bits per heavy atom. The average molecular weight is 375 g/mol. The SMILES string of the molecule is CCN(CC)CCNC(=O)c1cc(Cl)c(N)cc1OC.NCC(=O)O. The summed E-state index contributed by atoms with van der Waals surface area (Å²) in [5, 5.41) is 10.8. The molecule has 142 valence electrons. The van der Waals surface area contributed by atoms with Crippen LogP contribution < -0.4 is 21.5 Å². The number of rotatable bonds is 8. The maximum atomic E-state index is 12.1. The zero-order valence-corrected chi connectivity index (χ0v) is 15.6. The van der Waals surface area contributed by atoms with Crippen LogP contribution in [0, 0.1) is 0 Å². The van der Waals surface area contributed by atoms with Gasteiger partial charge in [0.05, 0.1) is 29.9 Å². The Morgan fingerprint density at radius 2 is 1.88 bits per heavy atom. The highest BCUT2D eigenvalue weighted by atomic mass is 35.5. The molecular formula is C16H27ClN4O4. The van der Waals surface area contributed by atoms with Crippen molar-refractivity contribution in [2.75, 3.05) is 45.6 Å². The molecule has 1 aromatic carbocycles. The Morgan fingerprint density at radius 3 is 2.32 bits per heavy atom.